The topological polar surface area (TPSA) is 67.2 Å². The summed E-state index contributed by atoms with van der Waals surface area (Å²) in [6.45, 7) is 3.55. The summed E-state index contributed by atoms with van der Waals surface area (Å²) in [4.78, 5) is 10.9. The first-order valence-corrected chi connectivity index (χ1v) is 4.57. The van der Waals surface area contributed by atoms with Gasteiger partial charge in [-0.2, -0.15) is 13.2 Å². The molecule has 0 rings (SSSR count). The Morgan fingerprint density at radius 1 is 1.27 bits per heavy atom. The van der Waals surface area contributed by atoms with E-state index in [0.29, 0.717) is 6.54 Å². The Balaban J connectivity index is 3.72. The van der Waals surface area contributed by atoms with Gasteiger partial charge in [0.15, 0.2) is 0 Å². The van der Waals surface area contributed by atoms with Crippen LogP contribution in [0, 0.1) is 5.92 Å². The van der Waals surface area contributed by atoms with Gasteiger partial charge in [-0.3, -0.25) is 0 Å². The quantitative estimate of drug-likeness (QED) is 0.666. The normalized spacial score (nSPS) is 13.8. The molecule has 0 aliphatic carbocycles. The number of rotatable bonds is 4. The Hall–Kier alpha value is -0.980. The van der Waals surface area contributed by atoms with Crippen LogP contribution in [0.5, 0.6) is 0 Å². The van der Waals surface area contributed by atoms with Crippen molar-refractivity contribution in [3.05, 3.63) is 0 Å². The van der Waals surface area contributed by atoms with E-state index in [-0.39, 0.29) is 5.92 Å². The minimum atomic E-state index is -4.48. The third-order valence-electron chi connectivity index (χ3n) is 1.57. The van der Waals surface area contributed by atoms with Crippen molar-refractivity contribution in [2.75, 3.05) is 13.1 Å². The first-order valence-electron chi connectivity index (χ1n) is 4.57. The minimum Gasteiger partial charge on any atom is -0.338 e. The summed E-state index contributed by atoms with van der Waals surface area (Å²) in [5, 5.41) is 4.47. The van der Waals surface area contributed by atoms with Crippen molar-refractivity contribution in [3.63, 3.8) is 0 Å². The van der Waals surface area contributed by atoms with E-state index >= 15 is 0 Å². The highest BCUT2D eigenvalue weighted by atomic mass is 19.4. The van der Waals surface area contributed by atoms with E-state index in [1.807, 2.05) is 19.2 Å². The second kappa shape index (κ2) is 5.79. The first kappa shape index (κ1) is 14.0. The molecule has 4 nitrogen and oxygen atoms in total. The van der Waals surface area contributed by atoms with Crippen LogP contribution in [0.3, 0.4) is 0 Å². The zero-order valence-electron chi connectivity index (χ0n) is 8.69. The summed E-state index contributed by atoms with van der Waals surface area (Å²) in [5.74, 6) is 0.243. The van der Waals surface area contributed by atoms with Gasteiger partial charge in [-0.05, 0) is 5.92 Å². The van der Waals surface area contributed by atoms with Crippen molar-refractivity contribution in [3.8, 4) is 0 Å². The predicted octanol–water partition coefficient (Wildman–Crippen LogP) is 0.831. The van der Waals surface area contributed by atoms with E-state index in [4.69, 9.17) is 5.73 Å². The molecule has 90 valence electrons. The highest BCUT2D eigenvalue weighted by Crippen LogP contribution is 2.17. The van der Waals surface area contributed by atoms with E-state index < -0.39 is 24.8 Å². The van der Waals surface area contributed by atoms with Crippen molar-refractivity contribution < 1.29 is 18.0 Å². The molecule has 1 unspecified atom stereocenters. The van der Waals surface area contributed by atoms with Gasteiger partial charge in [-0.1, -0.05) is 13.8 Å². The number of hydrogen-bond donors (Lipinski definition) is 3. The zero-order chi connectivity index (χ0) is 12.1. The molecule has 15 heavy (non-hydrogen) atoms. The van der Waals surface area contributed by atoms with Crippen LogP contribution >= 0.6 is 0 Å². The summed E-state index contributed by atoms with van der Waals surface area (Å²) in [5.41, 5.74) is 4.79. The van der Waals surface area contributed by atoms with Crippen LogP contribution in [0.15, 0.2) is 0 Å². The number of hydrogen-bond acceptors (Lipinski definition) is 2. The smallest absolute Gasteiger partial charge is 0.338 e. The standard InChI is InChI=1S/C8H16F3N3O/c1-5(2)3-13-7(15)14-4-6(12)8(9,10)11/h5-6H,3-4,12H2,1-2H3,(H2,13,14,15). The first-order chi connectivity index (χ1) is 6.73. The fraction of sp³-hybridized carbons (Fsp3) is 0.875. The minimum absolute atomic E-state index is 0.243. The summed E-state index contributed by atoms with van der Waals surface area (Å²) in [7, 11) is 0. The molecule has 0 fully saturated rings. The largest absolute Gasteiger partial charge is 0.405 e. The van der Waals surface area contributed by atoms with E-state index in [2.05, 4.69) is 5.32 Å². The van der Waals surface area contributed by atoms with E-state index in [9.17, 15) is 18.0 Å². The van der Waals surface area contributed by atoms with Crippen molar-refractivity contribution in [1.82, 2.24) is 10.6 Å². The average Bonchev–Trinajstić information content (AvgIpc) is 2.09. The summed E-state index contributed by atoms with van der Waals surface area (Å²) >= 11 is 0. The second-order valence-corrected chi connectivity index (χ2v) is 3.63. The Kier molecular flexibility index (Phi) is 5.41. The lowest BCUT2D eigenvalue weighted by molar-refractivity contribution is -0.146. The van der Waals surface area contributed by atoms with Gasteiger partial charge in [-0.25, -0.2) is 4.79 Å². The monoisotopic (exact) mass is 227 g/mol. The molecule has 0 heterocycles. The van der Waals surface area contributed by atoms with Crippen LogP contribution < -0.4 is 16.4 Å². The highest BCUT2D eigenvalue weighted by molar-refractivity contribution is 5.73. The molecule has 0 aliphatic rings. The van der Waals surface area contributed by atoms with E-state index in [1.54, 1.807) is 0 Å². The zero-order valence-corrected chi connectivity index (χ0v) is 8.69. The summed E-state index contributed by atoms with van der Waals surface area (Å²) in [6, 6.07) is -2.66. The lowest BCUT2D eigenvalue weighted by atomic mass is 10.2. The van der Waals surface area contributed by atoms with Gasteiger partial charge < -0.3 is 16.4 Å². The maximum Gasteiger partial charge on any atom is 0.405 e. The third kappa shape index (κ3) is 7.01. The SMILES string of the molecule is CC(C)CNC(=O)NCC(N)C(F)(F)F. The van der Waals surface area contributed by atoms with E-state index in [1.165, 1.54) is 0 Å². The molecule has 0 aliphatic heterocycles. The number of urea groups is 1. The van der Waals surface area contributed by atoms with Gasteiger partial charge in [0, 0.05) is 13.1 Å². The van der Waals surface area contributed by atoms with Crippen LogP contribution in [0.25, 0.3) is 0 Å². The highest BCUT2D eigenvalue weighted by Gasteiger charge is 2.36. The van der Waals surface area contributed by atoms with Crippen molar-refractivity contribution in [2.45, 2.75) is 26.1 Å². The summed E-state index contributed by atoms with van der Waals surface area (Å²) in [6.07, 6.45) is -4.48. The maximum atomic E-state index is 11.9. The predicted molar refractivity (Wildman–Crippen MR) is 50.3 cm³/mol. The molecule has 0 bridgehead atoms. The van der Waals surface area contributed by atoms with Gasteiger partial charge in [0.2, 0.25) is 0 Å². The van der Waals surface area contributed by atoms with Crippen molar-refractivity contribution >= 4 is 6.03 Å². The van der Waals surface area contributed by atoms with Crippen LogP contribution in [-0.4, -0.2) is 31.3 Å². The van der Waals surface area contributed by atoms with Crippen molar-refractivity contribution in [2.24, 2.45) is 11.7 Å². The fourth-order valence-electron chi connectivity index (χ4n) is 0.678. The molecule has 7 heteroatoms. The van der Waals surface area contributed by atoms with Crippen LogP contribution in [0.2, 0.25) is 0 Å². The second-order valence-electron chi connectivity index (χ2n) is 3.63. The molecular formula is C8H16F3N3O. The number of carbonyl (C=O) groups excluding carboxylic acids is 1. The average molecular weight is 227 g/mol. The number of halogens is 3. The Morgan fingerprint density at radius 3 is 2.13 bits per heavy atom. The van der Waals surface area contributed by atoms with E-state index in [0.717, 1.165) is 0 Å². The number of amides is 2. The molecule has 0 saturated carbocycles. The molecule has 2 amide bonds. The molecule has 0 aromatic heterocycles. The number of carbonyl (C=O) groups is 1. The molecular weight excluding hydrogens is 211 g/mol. The van der Waals surface area contributed by atoms with Gasteiger partial charge in [0.05, 0.1) is 0 Å². The van der Waals surface area contributed by atoms with Gasteiger partial charge in [-0.15, -0.1) is 0 Å². The molecule has 0 aromatic carbocycles. The van der Waals surface area contributed by atoms with Gasteiger partial charge >= 0.3 is 12.2 Å². The molecule has 0 spiro atoms. The summed E-state index contributed by atoms with van der Waals surface area (Å²) < 4.78 is 35.8. The molecule has 1 atom stereocenters. The van der Waals surface area contributed by atoms with Crippen LogP contribution in [0.4, 0.5) is 18.0 Å². The lowest BCUT2D eigenvalue weighted by Crippen LogP contribution is -2.49. The molecule has 4 N–H and O–H groups in total. The fourth-order valence-corrected chi connectivity index (χ4v) is 0.678. The Bertz CT molecular complexity index is 206. The maximum absolute atomic E-state index is 11.9. The Labute approximate surface area is 86.4 Å². The lowest BCUT2D eigenvalue weighted by Gasteiger charge is -2.16. The van der Waals surface area contributed by atoms with Crippen LogP contribution in [-0.2, 0) is 0 Å². The number of nitrogens with one attached hydrogen (secondary N) is 2. The Morgan fingerprint density at radius 2 is 1.73 bits per heavy atom. The molecule has 0 radical (unpaired) electrons. The molecule has 0 saturated heterocycles. The molecule has 0 aromatic rings. The number of nitrogens with two attached hydrogens (primary N) is 1. The number of alkyl halides is 3. The third-order valence-corrected chi connectivity index (χ3v) is 1.57. The van der Waals surface area contributed by atoms with Gasteiger partial charge in [0.25, 0.3) is 0 Å². The van der Waals surface area contributed by atoms with Gasteiger partial charge in [0.1, 0.15) is 6.04 Å². The van der Waals surface area contributed by atoms with Crippen molar-refractivity contribution in [1.29, 1.82) is 0 Å². The van der Waals surface area contributed by atoms with Crippen LogP contribution in [0.1, 0.15) is 13.8 Å².